The minimum atomic E-state index is -0.550. The van der Waals surface area contributed by atoms with Gasteiger partial charge < -0.3 is 20.3 Å². The van der Waals surface area contributed by atoms with Gasteiger partial charge in [0.05, 0.1) is 6.04 Å². The van der Waals surface area contributed by atoms with Crippen LogP contribution in [0.4, 0.5) is 10.5 Å². The molecule has 160 valence electrons. The third kappa shape index (κ3) is 7.38. The van der Waals surface area contributed by atoms with Gasteiger partial charge in [0.15, 0.2) is 0 Å². The molecule has 8 nitrogen and oxygen atoms in total. The molecule has 29 heavy (non-hydrogen) atoms. The Morgan fingerprint density at radius 2 is 1.83 bits per heavy atom. The maximum absolute atomic E-state index is 12.7. The van der Waals surface area contributed by atoms with Crippen LogP contribution in [0.3, 0.4) is 0 Å². The Morgan fingerprint density at radius 1 is 1.17 bits per heavy atom. The second-order valence-electron chi connectivity index (χ2n) is 8.14. The lowest BCUT2D eigenvalue weighted by atomic mass is 10.2. The highest BCUT2D eigenvalue weighted by molar-refractivity contribution is 5.99. The largest absolute Gasteiger partial charge is 0.444 e. The number of carbonyl (C=O) groups excluding carboxylic acids is 3. The molecule has 0 saturated carbocycles. The van der Waals surface area contributed by atoms with Crippen LogP contribution in [0.2, 0.25) is 0 Å². The molecular formula is C21H32N4O4. The minimum absolute atomic E-state index is 0.0701. The van der Waals surface area contributed by atoms with Gasteiger partial charge in [0.2, 0.25) is 11.8 Å². The molecule has 3 amide bonds. The van der Waals surface area contributed by atoms with E-state index in [9.17, 15) is 14.4 Å². The molecule has 0 aliphatic carbocycles. The monoisotopic (exact) mass is 404 g/mol. The average Bonchev–Trinajstić information content (AvgIpc) is 3.04. The van der Waals surface area contributed by atoms with Gasteiger partial charge in [-0.2, -0.15) is 0 Å². The number of hydrogen-bond acceptors (Lipinski definition) is 5. The molecule has 0 radical (unpaired) electrons. The number of hydrogen-bond donors (Lipinski definition) is 2. The fourth-order valence-corrected chi connectivity index (χ4v) is 3.14. The van der Waals surface area contributed by atoms with E-state index >= 15 is 0 Å². The number of ether oxygens (including phenoxy) is 1. The summed E-state index contributed by atoms with van der Waals surface area (Å²) in [6.45, 7) is 7.16. The number of nitrogens with zero attached hydrogens (tertiary/aromatic N) is 2. The van der Waals surface area contributed by atoms with Crippen LogP contribution in [0, 0.1) is 0 Å². The van der Waals surface area contributed by atoms with Crippen molar-refractivity contribution in [2.75, 3.05) is 38.1 Å². The highest BCUT2D eigenvalue weighted by Gasteiger charge is 2.35. The average molecular weight is 405 g/mol. The molecule has 2 rings (SSSR count). The highest BCUT2D eigenvalue weighted by atomic mass is 16.6. The smallest absolute Gasteiger partial charge is 0.407 e. The van der Waals surface area contributed by atoms with Gasteiger partial charge in [0, 0.05) is 38.3 Å². The van der Waals surface area contributed by atoms with Crippen LogP contribution in [-0.4, -0.2) is 67.7 Å². The van der Waals surface area contributed by atoms with E-state index in [1.807, 2.05) is 42.3 Å². The molecule has 1 saturated heterocycles. The standard InChI is InChI=1S/C21H32N4O4/c1-21(2,3)29-20(28)23-13-12-22-18(26)11-14-24(4)17-10-15-25(19(17)27)16-8-6-5-7-9-16/h5-9,17H,10-15H2,1-4H3,(H,22,26)(H,23,28)/t17-/m0/s1. The molecule has 8 heteroatoms. The molecule has 1 aromatic rings. The zero-order chi connectivity index (χ0) is 21.4. The first kappa shape index (κ1) is 22.7. The van der Waals surface area contributed by atoms with E-state index in [0.717, 1.165) is 12.1 Å². The van der Waals surface area contributed by atoms with Crippen LogP contribution >= 0.6 is 0 Å². The van der Waals surface area contributed by atoms with Crippen LogP contribution in [0.25, 0.3) is 0 Å². The maximum atomic E-state index is 12.7. The van der Waals surface area contributed by atoms with Crippen molar-refractivity contribution in [3.63, 3.8) is 0 Å². The van der Waals surface area contributed by atoms with E-state index in [2.05, 4.69) is 10.6 Å². The molecule has 1 heterocycles. The van der Waals surface area contributed by atoms with Crippen LogP contribution in [0.15, 0.2) is 30.3 Å². The molecular weight excluding hydrogens is 372 g/mol. The molecule has 0 spiro atoms. The van der Waals surface area contributed by atoms with Gasteiger partial charge in [0.25, 0.3) is 0 Å². The Hall–Kier alpha value is -2.61. The lowest BCUT2D eigenvalue weighted by Crippen LogP contribution is -2.42. The van der Waals surface area contributed by atoms with E-state index < -0.39 is 11.7 Å². The third-order valence-electron chi connectivity index (χ3n) is 4.58. The number of benzene rings is 1. The SMILES string of the molecule is CN(CCC(=O)NCCNC(=O)OC(C)(C)C)[C@H]1CCN(c2ccccc2)C1=O. The Balaban J connectivity index is 1.66. The second kappa shape index (κ2) is 10.2. The topological polar surface area (TPSA) is 91.0 Å². The molecule has 1 fully saturated rings. The predicted molar refractivity (Wildman–Crippen MR) is 112 cm³/mol. The minimum Gasteiger partial charge on any atom is -0.444 e. The van der Waals surface area contributed by atoms with Gasteiger partial charge in [-0.15, -0.1) is 0 Å². The van der Waals surface area contributed by atoms with Gasteiger partial charge in [0.1, 0.15) is 5.60 Å². The summed E-state index contributed by atoms with van der Waals surface area (Å²) in [5.74, 6) is -0.0473. The first-order chi connectivity index (χ1) is 13.7. The van der Waals surface area contributed by atoms with Crippen LogP contribution in [0.5, 0.6) is 0 Å². The van der Waals surface area contributed by atoms with Gasteiger partial charge in [-0.1, -0.05) is 18.2 Å². The van der Waals surface area contributed by atoms with E-state index in [1.54, 1.807) is 25.7 Å². The summed E-state index contributed by atoms with van der Waals surface area (Å²) in [6, 6.07) is 9.41. The molecule has 1 aromatic carbocycles. The van der Waals surface area contributed by atoms with E-state index in [0.29, 0.717) is 26.2 Å². The van der Waals surface area contributed by atoms with Crippen molar-refractivity contribution in [1.82, 2.24) is 15.5 Å². The summed E-state index contributed by atoms with van der Waals surface area (Å²) >= 11 is 0. The van der Waals surface area contributed by atoms with Gasteiger partial charge in [-0.3, -0.25) is 14.5 Å². The number of likely N-dealkylation sites (N-methyl/N-ethyl adjacent to an activating group) is 1. The van der Waals surface area contributed by atoms with Crippen molar-refractivity contribution in [2.45, 2.75) is 45.3 Å². The van der Waals surface area contributed by atoms with Crippen molar-refractivity contribution in [2.24, 2.45) is 0 Å². The van der Waals surface area contributed by atoms with Crippen LogP contribution in [0.1, 0.15) is 33.6 Å². The zero-order valence-electron chi connectivity index (χ0n) is 17.7. The lowest BCUT2D eigenvalue weighted by Gasteiger charge is -2.23. The number of rotatable bonds is 8. The van der Waals surface area contributed by atoms with Gasteiger partial charge in [-0.05, 0) is 46.4 Å². The molecule has 0 aromatic heterocycles. The molecule has 0 unspecified atom stereocenters. The van der Waals surface area contributed by atoms with Gasteiger partial charge >= 0.3 is 6.09 Å². The summed E-state index contributed by atoms with van der Waals surface area (Å²) in [4.78, 5) is 40.0. The number of alkyl carbamates (subject to hydrolysis) is 1. The molecule has 2 N–H and O–H groups in total. The van der Waals surface area contributed by atoms with Gasteiger partial charge in [-0.25, -0.2) is 4.79 Å². The molecule has 1 aliphatic rings. The van der Waals surface area contributed by atoms with E-state index in [-0.39, 0.29) is 24.3 Å². The summed E-state index contributed by atoms with van der Waals surface area (Å²) in [5, 5.41) is 5.36. The van der Waals surface area contributed by atoms with Crippen molar-refractivity contribution in [3.05, 3.63) is 30.3 Å². The molecule has 1 aliphatic heterocycles. The number of amides is 3. The Kier molecular flexibility index (Phi) is 8.01. The van der Waals surface area contributed by atoms with E-state index in [1.165, 1.54) is 0 Å². The summed E-state index contributed by atoms with van der Waals surface area (Å²) < 4.78 is 5.13. The summed E-state index contributed by atoms with van der Waals surface area (Å²) in [5.41, 5.74) is 0.356. The molecule has 0 bridgehead atoms. The van der Waals surface area contributed by atoms with Crippen molar-refractivity contribution in [3.8, 4) is 0 Å². The highest BCUT2D eigenvalue weighted by Crippen LogP contribution is 2.23. The van der Waals surface area contributed by atoms with Crippen LogP contribution in [-0.2, 0) is 14.3 Å². The predicted octanol–water partition coefficient (Wildman–Crippen LogP) is 1.75. The first-order valence-electron chi connectivity index (χ1n) is 9.97. The van der Waals surface area contributed by atoms with Crippen LogP contribution < -0.4 is 15.5 Å². The summed E-state index contributed by atoms with van der Waals surface area (Å²) in [6.07, 6.45) is 0.526. The number of para-hydroxylation sites is 1. The fraction of sp³-hybridized carbons (Fsp3) is 0.571. The van der Waals surface area contributed by atoms with Crippen molar-refractivity contribution < 1.29 is 19.1 Å². The van der Waals surface area contributed by atoms with Crippen molar-refractivity contribution in [1.29, 1.82) is 0 Å². The Labute approximate surface area is 172 Å². The number of anilines is 1. The Bertz CT molecular complexity index is 702. The van der Waals surface area contributed by atoms with Crippen molar-refractivity contribution >= 4 is 23.6 Å². The molecule has 1 atom stereocenters. The quantitative estimate of drug-likeness (QED) is 0.644. The van der Waals surface area contributed by atoms with E-state index in [4.69, 9.17) is 4.74 Å². The maximum Gasteiger partial charge on any atom is 0.407 e. The fourth-order valence-electron chi connectivity index (χ4n) is 3.14. The second-order valence-corrected chi connectivity index (χ2v) is 8.14. The first-order valence-corrected chi connectivity index (χ1v) is 9.97. The zero-order valence-corrected chi connectivity index (χ0v) is 17.7. The lowest BCUT2D eigenvalue weighted by molar-refractivity contribution is -0.124. The number of carbonyl (C=O) groups is 3. The number of nitrogens with one attached hydrogen (secondary N) is 2. The normalized spacial score (nSPS) is 16.8. The summed E-state index contributed by atoms with van der Waals surface area (Å²) in [7, 11) is 1.87. The Morgan fingerprint density at radius 3 is 2.48 bits per heavy atom. The third-order valence-corrected chi connectivity index (χ3v) is 4.58.